The molecule has 0 fully saturated rings. The van der Waals surface area contributed by atoms with E-state index in [0.717, 1.165) is 6.42 Å². The van der Waals surface area contributed by atoms with E-state index >= 15 is 0 Å². The zero-order valence-electron chi connectivity index (χ0n) is 9.97. The molecule has 6 heteroatoms. The first-order valence-electron chi connectivity index (χ1n) is 5.37. The Balaban J connectivity index is 3.20. The maximum Gasteiger partial charge on any atom is 0.233 e. The fourth-order valence-corrected chi connectivity index (χ4v) is 1.04. The molecule has 16 heavy (non-hydrogen) atoms. The van der Waals surface area contributed by atoms with Gasteiger partial charge >= 0.3 is 0 Å². The third-order valence-corrected chi connectivity index (χ3v) is 1.81. The fourth-order valence-electron chi connectivity index (χ4n) is 1.04. The average Bonchev–Trinajstić information content (AvgIpc) is 2.23. The van der Waals surface area contributed by atoms with Gasteiger partial charge in [-0.2, -0.15) is 0 Å². The van der Waals surface area contributed by atoms with E-state index in [1.165, 1.54) is 6.92 Å². The lowest BCUT2D eigenvalue weighted by Gasteiger charge is -2.06. The van der Waals surface area contributed by atoms with E-state index in [1.54, 1.807) is 7.11 Å². The Morgan fingerprint density at radius 3 is 2.50 bits per heavy atom. The van der Waals surface area contributed by atoms with Gasteiger partial charge in [-0.05, 0) is 6.42 Å². The Labute approximate surface area is 96.1 Å². The highest BCUT2D eigenvalue weighted by Crippen LogP contribution is 1.76. The Kier molecular flexibility index (Phi) is 9.64. The molecule has 0 spiro atoms. The molecule has 0 saturated heterocycles. The Morgan fingerprint density at radius 2 is 1.88 bits per heavy atom. The largest absolute Gasteiger partial charge is 0.385 e. The number of hydrogen-bond donors (Lipinski definition) is 3. The van der Waals surface area contributed by atoms with Crippen LogP contribution >= 0.6 is 0 Å². The SMILES string of the molecule is COCCCNC(=O)CNCCNC(C)=O. The smallest absolute Gasteiger partial charge is 0.233 e. The number of methoxy groups -OCH3 is 1. The van der Waals surface area contributed by atoms with Crippen molar-refractivity contribution in [2.24, 2.45) is 0 Å². The van der Waals surface area contributed by atoms with E-state index in [1.807, 2.05) is 0 Å². The minimum Gasteiger partial charge on any atom is -0.385 e. The zero-order valence-corrected chi connectivity index (χ0v) is 9.97. The number of amides is 2. The Bertz CT molecular complexity index is 209. The van der Waals surface area contributed by atoms with Gasteiger partial charge in [0.05, 0.1) is 6.54 Å². The van der Waals surface area contributed by atoms with Gasteiger partial charge in [0.1, 0.15) is 0 Å². The second-order valence-corrected chi connectivity index (χ2v) is 3.36. The molecule has 3 N–H and O–H groups in total. The lowest BCUT2D eigenvalue weighted by Crippen LogP contribution is -2.38. The molecule has 0 aromatic rings. The van der Waals surface area contributed by atoms with Crippen molar-refractivity contribution in [1.29, 1.82) is 0 Å². The van der Waals surface area contributed by atoms with Crippen LogP contribution in [0.15, 0.2) is 0 Å². The maximum absolute atomic E-state index is 11.2. The first-order chi connectivity index (χ1) is 7.66. The third-order valence-electron chi connectivity index (χ3n) is 1.81. The summed E-state index contributed by atoms with van der Waals surface area (Å²) in [5.74, 6) is -0.107. The standard InChI is InChI=1S/C10H21N3O3/c1-9(14)12-6-5-11-8-10(15)13-4-3-7-16-2/h11H,3-8H2,1-2H3,(H,12,14)(H,13,15). The number of carbonyl (C=O) groups excluding carboxylic acids is 2. The molecule has 6 nitrogen and oxygen atoms in total. The average molecular weight is 231 g/mol. The number of ether oxygens (including phenoxy) is 1. The molecule has 0 rings (SSSR count). The summed E-state index contributed by atoms with van der Waals surface area (Å²) in [6, 6.07) is 0. The molecule has 2 amide bonds. The van der Waals surface area contributed by atoms with Crippen LogP contribution in [0.3, 0.4) is 0 Å². The van der Waals surface area contributed by atoms with E-state index < -0.39 is 0 Å². The second kappa shape index (κ2) is 10.4. The first kappa shape index (κ1) is 14.9. The number of carbonyl (C=O) groups is 2. The molecule has 0 radical (unpaired) electrons. The molecule has 0 aromatic carbocycles. The van der Waals surface area contributed by atoms with Crippen molar-refractivity contribution < 1.29 is 14.3 Å². The summed E-state index contributed by atoms with van der Waals surface area (Å²) >= 11 is 0. The van der Waals surface area contributed by atoms with Gasteiger partial charge in [0.2, 0.25) is 11.8 Å². The van der Waals surface area contributed by atoms with Gasteiger partial charge in [-0.3, -0.25) is 9.59 Å². The Hall–Kier alpha value is -1.14. The van der Waals surface area contributed by atoms with Gasteiger partial charge in [0.25, 0.3) is 0 Å². The predicted octanol–water partition coefficient (Wildman–Crippen LogP) is -1.14. The van der Waals surface area contributed by atoms with Crippen LogP contribution in [-0.2, 0) is 14.3 Å². The molecule has 0 bridgehead atoms. The molecule has 0 atom stereocenters. The van der Waals surface area contributed by atoms with Crippen LogP contribution in [0.1, 0.15) is 13.3 Å². The molecule has 0 heterocycles. The van der Waals surface area contributed by atoms with Crippen molar-refractivity contribution >= 4 is 11.8 Å². The number of nitrogens with one attached hydrogen (secondary N) is 3. The summed E-state index contributed by atoms with van der Waals surface area (Å²) in [4.78, 5) is 21.7. The topological polar surface area (TPSA) is 79.5 Å². The monoisotopic (exact) mass is 231 g/mol. The first-order valence-corrected chi connectivity index (χ1v) is 5.37. The lowest BCUT2D eigenvalue weighted by atomic mass is 10.4. The minimum absolute atomic E-state index is 0.0427. The summed E-state index contributed by atoms with van der Waals surface area (Å²) in [5, 5.41) is 8.30. The van der Waals surface area contributed by atoms with Gasteiger partial charge in [-0.25, -0.2) is 0 Å². The maximum atomic E-state index is 11.2. The van der Waals surface area contributed by atoms with Gasteiger partial charge in [-0.15, -0.1) is 0 Å². The molecular formula is C10H21N3O3. The third kappa shape index (κ3) is 10.9. The molecule has 0 aromatic heterocycles. The van der Waals surface area contributed by atoms with Crippen molar-refractivity contribution in [3.63, 3.8) is 0 Å². The van der Waals surface area contributed by atoms with Crippen LogP contribution < -0.4 is 16.0 Å². The molecule has 0 aliphatic rings. The molecule has 0 aliphatic heterocycles. The highest BCUT2D eigenvalue weighted by atomic mass is 16.5. The van der Waals surface area contributed by atoms with Gasteiger partial charge in [0.15, 0.2) is 0 Å². The normalized spacial score (nSPS) is 9.88. The van der Waals surface area contributed by atoms with Crippen LogP contribution in [0, 0.1) is 0 Å². The molecular weight excluding hydrogens is 210 g/mol. The summed E-state index contributed by atoms with van der Waals surface area (Å²) in [5.41, 5.74) is 0. The van der Waals surface area contributed by atoms with Crippen molar-refractivity contribution in [3.8, 4) is 0 Å². The lowest BCUT2D eigenvalue weighted by molar-refractivity contribution is -0.120. The summed E-state index contributed by atoms with van der Waals surface area (Å²) in [6.45, 7) is 4.13. The fraction of sp³-hybridized carbons (Fsp3) is 0.800. The number of rotatable bonds is 9. The van der Waals surface area contributed by atoms with Crippen molar-refractivity contribution in [2.75, 3.05) is 39.9 Å². The summed E-state index contributed by atoms with van der Waals surface area (Å²) in [7, 11) is 1.63. The van der Waals surface area contributed by atoms with Crippen LogP contribution in [0.2, 0.25) is 0 Å². The van der Waals surface area contributed by atoms with Crippen LogP contribution in [0.4, 0.5) is 0 Å². The molecule has 94 valence electrons. The van der Waals surface area contributed by atoms with E-state index in [-0.39, 0.29) is 18.4 Å². The highest BCUT2D eigenvalue weighted by molar-refractivity contribution is 5.77. The van der Waals surface area contributed by atoms with Crippen LogP contribution in [0.25, 0.3) is 0 Å². The minimum atomic E-state index is -0.0641. The second-order valence-electron chi connectivity index (χ2n) is 3.36. The van der Waals surface area contributed by atoms with Crippen molar-refractivity contribution in [3.05, 3.63) is 0 Å². The van der Waals surface area contributed by atoms with E-state index in [2.05, 4.69) is 16.0 Å². The van der Waals surface area contributed by atoms with E-state index in [9.17, 15) is 9.59 Å². The van der Waals surface area contributed by atoms with Gasteiger partial charge < -0.3 is 20.7 Å². The van der Waals surface area contributed by atoms with Gasteiger partial charge in [0, 0.05) is 40.3 Å². The van der Waals surface area contributed by atoms with Crippen LogP contribution in [0.5, 0.6) is 0 Å². The van der Waals surface area contributed by atoms with E-state index in [4.69, 9.17) is 4.74 Å². The Morgan fingerprint density at radius 1 is 1.12 bits per heavy atom. The highest BCUT2D eigenvalue weighted by Gasteiger charge is 1.99. The summed E-state index contributed by atoms with van der Waals surface area (Å²) in [6.07, 6.45) is 0.814. The van der Waals surface area contributed by atoms with Crippen molar-refractivity contribution in [1.82, 2.24) is 16.0 Å². The predicted molar refractivity (Wildman–Crippen MR) is 61.1 cm³/mol. The van der Waals surface area contributed by atoms with Crippen LogP contribution in [-0.4, -0.2) is 51.7 Å². The zero-order chi connectivity index (χ0) is 12.2. The summed E-state index contributed by atoms with van der Waals surface area (Å²) < 4.78 is 4.85. The quantitative estimate of drug-likeness (QED) is 0.438. The molecule has 0 aliphatic carbocycles. The van der Waals surface area contributed by atoms with Crippen molar-refractivity contribution in [2.45, 2.75) is 13.3 Å². The van der Waals surface area contributed by atoms with Gasteiger partial charge in [-0.1, -0.05) is 0 Å². The van der Waals surface area contributed by atoms with E-state index in [0.29, 0.717) is 26.2 Å². The number of hydrogen-bond acceptors (Lipinski definition) is 4. The molecule has 0 unspecified atom stereocenters. The molecule has 0 saturated carbocycles.